The van der Waals surface area contributed by atoms with Gasteiger partial charge in [0.1, 0.15) is 18.6 Å². The van der Waals surface area contributed by atoms with E-state index >= 15 is 0 Å². The predicted molar refractivity (Wildman–Crippen MR) is 28.3 cm³/mol. The Kier molecular flexibility index (Phi) is 1.81. The topological polar surface area (TPSA) is 66.5 Å². The third kappa shape index (κ3) is 1.28. The van der Waals surface area contributed by atoms with E-state index in [1.807, 2.05) is 0 Å². The van der Waals surface area contributed by atoms with Gasteiger partial charge in [-0.2, -0.15) is 0 Å². The Bertz CT molecular complexity index is 166. The molecule has 0 atom stereocenters. The third-order valence-corrected chi connectivity index (χ3v) is 0.897. The minimum Gasteiger partial charge on any atom is -0.446 e. The standard InChI is InChI=1S/C5H7NO3/c7-1-4-3-9-5(2-8)6-4/h3,7-8H,1-2H2. The molecule has 0 bridgehead atoms. The number of hydrogen-bond acceptors (Lipinski definition) is 4. The highest BCUT2D eigenvalue weighted by Crippen LogP contribution is 2.00. The molecular weight excluding hydrogens is 122 g/mol. The molecule has 0 amide bonds. The van der Waals surface area contributed by atoms with Gasteiger partial charge in [0.05, 0.1) is 6.61 Å². The second kappa shape index (κ2) is 2.61. The molecule has 0 aliphatic carbocycles. The lowest BCUT2D eigenvalue weighted by molar-refractivity contribution is 0.240. The lowest BCUT2D eigenvalue weighted by atomic mass is 10.5. The normalized spacial score (nSPS) is 10.0. The van der Waals surface area contributed by atoms with Gasteiger partial charge in [0, 0.05) is 0 Å². The summed E-state index contributed by atoms with van der Waals surface area (Å²) in [6.07, 6.45) is 1.31. The Morgan fingerprint density at radius 1 is 1.44 bits per heavy atom. The molecular formula is C5H7NO3. The van der Waals surface area contributed by atoms with Crippen LogP contribution in [0.1, 0.15) is 11.6 Å². The van der Waals surface area contributed by atoms with Crippen molar-refractivity contribution in [3.05, 3.63) is 17.8 Å². The minimum absolute atomic E-state index is 0.149. The Hall–Kier alpha value is -0.870. The van der Waals surface area contributed by atoms with Gasteiger partial charge in [-0.15, -0.1) is 0 Å². The van der Waals surface area contributed by atoms with E-state index in [1.165, 1.54) is 6.26 Å². The SMILES string of the molecule is OCc1coc(CO)n1. The molecule has 1 rings (SSSR count). The zero-order chi connectivity index (χ0) is 6.69. The van der Waals surface area contributed by atoms with E-state index in [4.69, 9.17) is 10.2 Å². The summed E-state index contributed by atoms with van der Waals surface area (Å²) in [7, 11) is 0. The molecule has 50 valence electrons. The van der Waals surface area contributed by atoms with Crippen LogP contribution in [0, 0.1) is 0 Å². The van der Waals surface area contributed by atoms with Crippen molar-refractivity contribution in [1.82, 2.24) is 4.98 Å². The van der Waals surface area contributed by atoms with Gasteiger partial charge in [-0.05, 0) is 0 Å². The number of rotatable bonds is 2. The maximum Gasteiger partial charge on any atom is 0.220 e. The zero-order valence-corrected chi connectivity index (χ0v) is 4.74. The Morgan fingerprint density at radius 3 is 2.56 bits per heavy atom. The van der Waals surface area contributed by atoms with Crippen molar-refractivity contribution in [3.8, 4) is 0 Å². The molecule has 0 radical (unpaired) electrons. The first-order chi connectivity index (χ1) is 4.36. The van der Waals surface area contributed by atoms with E-state index in [-0.39, 0.29) is 19.1 Å². The Labute approximate surface area is 51.8 Å². The van der Waals surface area contributed by atoms with Crippen molar-refractivity contribution in [2.75, 3.05) is 0 Å². The predicted octanol–water partition coefficient (Wildman–Crippen LogP) is -0.341. The molecule has 1 aromatic heterocycles. The Balaban J connectivity index is 2.74. The molecule has 0 unspecified atom stereocenters. The van der Waals surface area contributed by atoms with Crippen LogP contribution in [0.5, 0.6) is 0 Å². The van der Waals surface area contributed by atoms with Crippen molar-refractivity contribution in [3.63, 3.8) is 0 Å². The summed E-state index contributed by atoms with van der Waals surface area (Å²) in [5, 5.41) is 16.9. The average Bonchev–Trinajstić information content (AvgIpc) is 2.34. The maximum atomic E-state index is 8.44. The van der Waals surface area contributed by atoms with Crippen molar-refractivity contribution >= 4 is 0 Å². The molecule has 0 aromatic carbocycles. The quantitative estimate of drug-likeness (QED) is 0.573. The molecule has 1 aromatic rings. The highest BCUT2D eigenvalue weighted by molar-refractivity contribution is 4.92. The summed E-state index contributed by atoms with van der Waals surface area (Å²) < 4.78 is 4.68. The third-order valence-electron chi connectivity index (χ3n) is 0.897. The first-order valence-electron chi connectivity index (χ1n) is 2.52. The largest absolute Gasteiger partial charge is 0.446 e. The zero-order valence-electron chi connectivity index (χ0n) is 4.74. The lowest BCUT2D eigenvalue weighted by Gasteiger charge is -1.80. The first-order valence-corrected chi connectivity index (χ1v) is 2.52. The van der Waals surface area contributed by atoms with E-state index in [2.05, 4.69) is 9.40 Å². The van der Waals surface area contributed by atoms with Crippen molar-refractivity contribution in [2.24, 2.45) is 0 Å². The Morgan fingerprint density at radius 2 is 2.22 bits per heavy atom. The van der Waals surface area contributed by atoms with Gasteiger partial charge in [-0.3, -0.25) is 0 Å². The highest BCUT2D eigenvalue weighted by Gasteiger charge is 1.98. The summed E-state index contributed by atoms with van der Waals surface area (Å²) in [6, 6.07) is 0. The molecule has 4 heteroatoms. The van der Waals surface area contributed by atoms with Crippen LogP contribution < -0.4 is 0 Å². The van der Waals surface area contributed by atoms with Crippen LogP contribution in [-0.4, -0.2) is 15.2 Å². The fourth-order valence-electron chi connectivity index (χ4n) is 0.494. The minimum atomic E-state index is -0.222. The van der Waals surface area contributed by atoms with Gasteiger partial charge >= 0.3 is 0 Å². The van der Waals surface area contributed by atoms with E-state index < -0.39 is 0 Å². The van der Waals surface area contributed by atoms with Gasteiger partial charge in [0.2, 0.25) is 5.89 Å². The summed E-state index contributed by atoms with van der Waals surface area (Å²) in [4.78, 5) is 3.68. The summed E-state index contributed by atoms with van der Waals surface area (Å²) >= 11 is 0. The van der Waals surface area contributed by atoms with Crippen LogP contribution in [0.3, 0.4) is 0 Å². The molecule has 0 fully saturated rings. The molecule has 1 heterocycles. The molecule has 4 nitrogen and oxygen atoms in total. The number of nitrogens with zero attached hydrogens (tertiary/aromatic N) is 1. The molecule has 0 aliphatic heterocycles. The summed E-state index contributed by atoms with van der Waals surface area (Å²) in [5.74, 6) is 0.235. The van der Waals surface area contributed by atoms with E-state index in [0.717, 1.165) is 0 Å². The summed E-state index contributed by atoms with van der Waals surface area (Å²) in [5.41, 5.74) is 0.444. The van der Waals surface area contributed by atoms with E-state index in [0.29, 0.717) is 5.69 Å². The van der Waals surface area contributed by atoms with Crippen LogP contribution in [-0.2, 0) is 13.2 Å². The van der Waals surface area contributed by atoms with Crippen molar-refractivity contribution < 1.29 is 14.6 Å². The van der Waals surface area contributed by atoms with Gasteiger partial charge in [0.15, 0.2) is 0 Å². The van der Waals surface area contributed by atoms with Crippen LogP contribution >= 0.6 is 0 Å². The van der Waals surface area contributed by atoms with Gasteiger partial charge < -0.3 is 14.6 Å². The monoisotopic (exact) mass is 129 g/mol. The number of aliphatic hydroxyl groups is 2. The second-order valence-corrected chi connectivity index (χ2v) is 1.55. The van der Waals surface area contributed by atoms with Gasteiger partial charge in [-0.25, -0.2) is 4.98 Å². The van der Waals surface area contributed by atoms with Crippen LogP contribution in [0.2, 0.25) is 0 Å². The second-order valence-electron chi connectivity index (χ2n) is 1.55. The van der Waals surface area contributed by atoms with E-state index in [9.17, 15) is 0 Å². The highest BCUT2D eigenvalue weighted by atomic mass is 16.4. The summed E-state index contributed by atoms with van der Waals surface area (Å²) in [6.45, 7) is -0.372. The fourth-order valence-corrected chi connectivity index (χ4v) is 0.494. The molecule has 2 N–H and O–H groups in total. The first kappa shape index (κ1) is 6.25. The molecule has 0 aliphatic rings. The number of hydrogen-bond donors (Lipinski definition) is 2. The molecule has 0 saturated carbocycles. The lowest BCUT2D eigenvalue weighted by Crippen LogP contribution is -1.84. The van der Waals surface area contributed by atoms with Crippen LogP contribution in [0.25, 0.3) is 0 Å². The number of aromatic nitrogens is 1. The molecule has 9 heavy (non-hydrogen) atoms. The maximum absolute atomic E-state index is 8.44. The molecule has 0 spiro atoms. The number of oxazole rings is 1. The smallest absolute Gasteiger partial charge is 0.220 e. The molecule has 0 saturated heterocycles. The average molecular weight is 129 g/mol. The van der Waals surface area contributed by atoms with Crippen molar-refractivity contribution in [1.29, 1.82) is 0 Å². The van der Waals surface area contributed by atoms with E-state index in [1.54, 1.807) is 0 Å². The van der Waals surface area contributed by atoms with Crippen LogP contribution in [0.15, 0.2) is 10.7 Å². The van der Waals surface area contributed by atoms with Gasteiger partial charge in [0.25, 0.3) is 0 Å². The number of aliphatic hydroxyl groups excluding tert-OH is 2. The van der Waals surface area contributed by atoms with Crippen LogP contribution in [0.4, 0.5) is 0 Å². The van der Waals surface area contributed by atoms with Crippen molar-refractivity contribution in [2.45, 2.75) is 13.2 Å². The fraction of sp³-hybridized carbons (Fsp3) is 0.400. The van der Waals surface area contributed by atoms with Gasteiger partial charge in [-0.1, -0.05) is 0 Å².